The quantitative estimate of drug-likeness (QED) is 0.795. The number of hydrogen-bond donors (Lipinski definition) is 2. The first-order valence-corrected chi connectivity index (χ1v) is 8.94. The molecule has 2 atom stereocenters. The molecule has 0 fully saturated rings. The first kappa shape index (κ1) is 19.6. The summed E-state index contributed by atoms with van der Waals surface area (Å²) in [5, 5.41) is 2.75. The number of carbonyl (C=O) groups excluding carboxylic acids is 1. The Morgan fingerprint density at radius 3 is 2.68 bits per heavy atom. The Bertz CT molecular complexity index is 801. The summed E-state index contributed by atoms with van der Waals surface area (Å²) >= 11 is 5.91. The number of nitrogens with zero attached hydrogens (tertiary/aromatic N) is 1. The number of aromatic nitrogens is 1. The molecule has 1 heterocycles. The van der Waals surface area contributed by atoms with Gasteiger partial charge in [0, 0.05) is 36.1 Å². The van der Waals surface area contributed by atoms with Gasteiger partial charge in [-0.05, 0) is 32.0 Å². The van der Waals surface area contributed by atoms with Crippen LogP contribution in [0.15, 0.2) is 29.3 Å². The molecule has 2 unspecified atom stereocenters. The van der Waals surface area contributed by atoms with Crippen LogP contribution < -0.4 is 10.0 Å². The maximum absolute atomic E-state index is 13.7. The first-order valence-electron chi connectivity index (χ1n) is 7.41. The van der Waals surface area contributed by atoms with Gasteiger partial charge in [0.15, 0.2) is 0 Å². The third-order valence-corrected chi connectivity index (χ3v) is 4.93. The van der Waals surface area contributed by atoms with Crippen LogP contribution in [-0.4, -0.2) is 27.4 Å². The van der Waals surface area contributed by atoms with Crippen LogP contribution in [0.5, 0.6) is 0 Å². The van der Waals surface area contributed by atoms with E-state index in [1.165, 1.54) is 42.8 Å². The van der Waals surface area contributed by atoms with Gasteiger partial charge in [-0.3, -0.25) is 4.79 Å². The maximum Gasteiger partial charge on any atom is 0.272 e. The van der Waals surface area contributed by atoms with Crippen LogP contribution in [0, 0.1) is 12.7 Å². The number of aryl methyl sites for hydroxylation is 1. The molecule has 0 saturated heterocycles. The van der Waals surface area contributed by atoms with Gasteiger partial charge in [0.05, 0.1) is 4.90 Å². The summed E-state index contributed by atoms with van der Waals surface area (Å²) in [5.74, 6) is -1.04. The van der Waals surface area contributed by atoms with Crippen LogP contribution >= 0.6 is 11.6 Å². The van der Waals surface area contributed by atoms with E-state index in [2.05, 4.69) is 10.0 Å². The van der Waals surface area contributed by atoms with Crippen molar-refractivity contribution >= 4 is 34.2 Å². The molecule has 0 saturated carbocycles. The number of carbonyl (C=O) groups is 1. The van der Waals surface area contributed by atoms with Crippen molar-refractivity contribution in [3.63, 3.8) is 0 Å². The van der Waals surface area contributed by atoms with Crippen molar-refractivity contribution in [2.45, 2.75) is 24.9 Å². The van der Waals surface area contributed by atoms with E-state index < -0.39 is 28.9 Å². The summed E-state index contributed by atoms with van der Waals surface area (Å²) in [6.07, 6.45) is 0.362. The Labute approximate surface area is 152 Å². The van der Waals surface area contributed by atoms with Crippen LogP contribution in [0.3, 0.4) is 0 Å². The summed E-state index contributed by atoms with van der Waals surface area (Å²) in [5.41, 5.74) is 0.728. The Balaban J connectivity index is 2.16. The minimum absolute atomic E-state index is 0.0653. The molecular formula is C16H18ClF2N3O2S. The molecule has 0 bridgehead atoms. The second kappa shape index (κ2) is 8.07. The molecule has 9 heteroatoms. The predicted octanol–water partition coefficient (Wildman–Crippen LogP) is 3.35. The van der Waals surface area contributed by atoms with Gasteiger partial charge >= 0.3 is 0 Å². The third-order valence-electron chi connectivity index (χ3n) is 3.46. The van der Waals surface area contributed by atoms with Crippen LogP contribution in [0.1, 0.15) is 23.0 Å². The van der Waals surface area contributed by atoms with Gasteiger partial charge < -0.3 is 9.88 Å². The molecule has 25 heavy (non-hydrogen) atoms. The number of hydrogen-bond acceptors (Lipinski definition) is 2. The highest BCUT2D eigenvalue weighted by atomic mass is 35.5. The Kier molecular flexibility index (Phi) is 6.31. The zero-order valence-corrected chi connectivity index (χ0v) is 15.5. The topological polar surface area (TPSA) is 63.1 Å². The highest BCUT2D eigenvalue weighted by molar-refractivity contribution is 7.83. The number of rotatable bonds is 6. The molecule has 2 aromatic rings. The molecule has 1 aromatic heterocycles. The lowest BCUT2D eigenvalue weighted by atomic mass is 10.2. The van der Waals surface area contributed by atoms with Crippen molar-refractivity contribution in [2.24, 2.45) is 7.05 Å². The number of alkyl halides is 1. The van der Waals surface area contributed by atoms with Gasteiger partial charge in [0.1, 0.15) is 28.7 Å². The zero-order valence-electron chi connectivity index (χ0n) is 13.9. The van der Waals surface area contributed by atoms with Gasteiger partial charge in [0.25, 0.3) is 5.91 Å². The molecule has 136 valence electrons. The lowest BCUT2D eigenvalue weighted by molar-refractivity contribution is 0.101. The molecule has 2 N–H and O–H groups in total. The maximum atomic E-state index is 13.7. The minimum atomic E-state index is -1.64. The SMILES string of the molecule is Cc1c(F)cc(NC(=O)c2cc(S(=O)NCC(C)F)cn2C)cc1Cl. The Morgan fingerprint density at radius 2 is 2.08 bits per heavy atom. The molecule has 5 nitrogen and oxygen atoms in total. The highest BCUT2D eigenvalue weighted by Crippen LogP contribution is 2.24. The standard InChI is InChI=1S/C16H18ClF2N3O2S/c1-9(18)7-20-25(24)12-6-15(22(3)8-12)16(23)21-11-4-13(17)10(2)14(19)5-11/h4-6,8-9,20H,7H2,1-3H3,(H,21,23). The van der Waals surface area contributed by atoms with Crippen molar-refractivity contribution in [1.82, 2.24) is 9.29 Å². The van der Waals surface area contributed by atoms with Crippen LogP contribution in [0.4, 0.5) is 14.5 Å². The second-order valence-corrected chi connectivity index (χ2v) is 7.29. The molecule has 0 aliphatic carbocycles. The number of benzene rings is 1. The molecule has 0 spiro atoms. The van der Waals surface area contributed by atoms with Gasteiger partial charge in [0.2, 0.25) is 0 Å². The van der Waals surface area contributed by atoms with E-state index in [1.54, 1.807) is 7.05 Å². The van der Waals surface area contributed by atoms with E-state index in [4.69, 9.17) is 11.6 Å². The van der Waals surface area contributed by atoms with Crippen molar-refractivity contribution in [3.05, 3.63) is 46.5 Å². The molecule has 2 rings (SSSR count). The van der Waals surface area contributed by atoms with Crippen LogP contribution in [0.25, 0.3) is 0 Å². The predicted molar refractivity (Wildman–Crippen MR) is 94.5 cm³/mol. The summed E-state index contributed by atoms with van der Waals surface area (Å²) in [7, 11) is -0.0316. The largest absolute Gasteiger partial charge is 0.345 e. The number of nitrogens with one attached hydrogen (secondary N) is 2. The van der Waals surface area contributed by atoms with E-state index in [9.17, 15) is 17.8 Å². The van der Waals surface area contributed by atoms with Crippen molar-refractivity contribution < 1.29 is 17.8 Å². The van der Waals surface area contributed by atoms with E-state index in [0.29, 0.717) is 10.5 Å². The number of halogens is 3. The molecule has 1 aromatic carbocycles. The summed E-state index contributed by atoms with van der Waals surface area (Å²) in [6, 6.07) is 4.04. The minimum Gasteiger partial charge on any atom is -0.345 e. The number of amides is 1. The molecule has 0 radical (unpaired) electrons. The summed E-state index contributed by atoms with van der Waals surface area (Å²) in [4.78, 5) is 12.7. The van der Waals surface area contributed by atoms with E-state index in [1.807, 2.05) is 0 Å². The fourth-order valence-corrected chi connectivity index (χ4v) is 3.28. The lowest BCUT2D eigenvalue weighted by Gasteiger charge is -2.08. The van der Waals surface area contributed by atoms with E-state index in [-0.39, 0.29) is 22.9 Å². The monoisotopic (exact) mass is 389 g/mol. The van der Waals surface area contributed by atoms with E-state index >= 15 is 0 Å². The second-order valence-electron chi connectivity index (χ2n) is 5.59. The van der Waals surface area contributed by atoms with Gasteiger partial charge in [-0.2, -0.15) is 0 Å². The normalized spacial score (nSPS) is 13.5. The summed E-state index contributed by atoms with van der Waals surface area (Å²) in [6.45, 7) is 2.82. The fraction of sp³-hybridized carbons (Fsp3) is 0.312. The smallest absolute Gasteiger partial charge is 0.272 e. The first-order chi connectivity index (χ1) is 11.7. The third kappa shape index (κ3) is 4.87. The van der Waals surface area contributed by atoms with E-state index in [0.717, 1.165) is 0 Å². The average Bonchev–Trinajstić information content (AvgIpc) is 2.92. The van der Waals surface area contributed by atoms with Gasteiger partial charge in [-0.1, -0.05) is 11.6 Å². The lowest BCUT2D eigenvalue weighted by Crippen LogP contribution is -2.24. The number of anilines is 1. The highest BCUT2D eigenvalue weighted by Gasteiger charge is 2.16. The van der Waals surface area contributed by atoms with Crippen LogP contribution in [-0.2, 0) is 18.0 Å². The average molecular weight is 390 g/mol. The van der Waals surface area contributed by atoms with Gasteiger partial charge in [-0.25, -0.2) is 17.7 Å². The van der Waals surface area contributed by atoms with Crippen molar-refractivity contribution in [3.8, 4) is 0 Å². The van der Waals surface area contributed by atoms with Crippen LogP contribution in [0.2, 0.25) is 5.02 Å². The fourth-order valence-electron chi connectivity index (χ4n) is 2.05. The molecule has 0 aliphatic rings. The molecular weight excluding hydrogens is 372 g/mol. The molecule has 0 aliphatic heterocycles. The molecule has 1 amide bonds. The van der Waals surface area contributed by atoms with Crippen molar-refractivity contribution in [2.75, 3.05) is 11.9 Å². The van der Waals surface area contributed by atoms with Gasteiger partial charge in [-0.15, -0.1) is 0 Å². The Morgan fingerprint density at radius 1 is 1.40 bits per heavy atom. The zero-order chi connectivity index (χ0) is 18.7. The summed E-state index contributed by atoms with van der Waals surface area (Å²) < 4.78 is 42.6. The Hall–Kier alpha value is -1.77. The van der Waals surface area contributed by atoms with Crippen molar-refractivity contribution in [1.29, 1.82) is 0 Å².